The van der Waals surface area contributed by atoms with Crippen LogP contribution in [0.3, 0.4) is 0 Å². The Morgan fingerprint density at radius 1 is 1.21 bits per heavy atom. The predicted octanol–water partition coefficient (Wildman–Crippen LogP) is 4.24. The van der Waals surface area contributed by atoms with E-state index in [2.05, 4.69) is 6.58 Å². The molecular weight excluding hydrogens is 175 g/mol. The van der Waals surface area contributed by atoms with Crippen molar-refractivity contribution in [1.29, 1.82) is 0 Å². The van der Waals surface area contributed by atoms with Gasteiger partial charge >= 0.3 is 0 Å². The summed E-state index contributed by atoms with van der Waals surface area (Å²) >= 11 is 0. The van der Waals surface area contributed by atoms with Crippen molar-refractivity contribution in [2.75, 3.05) is 0 Å². The first kappa shape index (κ1) is 11.0. The van der Waals surface area contributed by atoms with Crippen molar-refractivity contribution in [2.45, 2.75) is 32.6 Å². The Bertz CT molecular complexity index is 326. The number of rotatable bonds is 3. The summed E-state index contributed by atoms with van der Waals surface area (Å²) in [5, 5.41) is 0. The standard InChI is InChI=1S/C13H17F/c1-5-10(4)12-8-6-7-11(9(2)3)13(12)14/h5-10H,1H2,2-4H3. The Morgan fingerprint density at radius 3 is 2.29 bits per heavy atom. The summed E-state index contributed by atoms with van der Waals surface area (Å²) in [5.41, 5.74) is 1.53. The van der Waals surface area contributed by atoms with Crippen LogP contribution in [0.5, 0.6) is 0 Å². The number of hydrogen-bond acceptors (Lipinski definition) is 0. The lowest BCUT2D eigenvalue weighted by molar-refractivity contribution is 0.578. The minimum atomic E-state index is -0.0742. The molecule has 76 valence electrons. The molecule has 0 N–H and O–H groups in total. The number of benzene rings is 1. The van der Waals surface area contributed by atoms with Crippen LogP contribution in [-0.2, 0) is 0 Å². The van der Waals surface area contributed by atoms with Gasteiger partial charge in [0.1, 0.15) is 5.82 Å². The van der Waals surface area contributed by atoms with E-state index in [0.717, 1.165) is 11.1 Å². The molecule has 0 amide bonds. The zero-order chi connectivity index (χ0) is 10.7. The summed E-state index contributed by atoms with van der Waals surface area (Å²) in [4.78, 5) is 0. The van der Waals surface area contributed by atoms with Gasteiger partial charge in [0.15, 0.2) is 0 Å². The molecule has 1 aromatic rings. The summed E-state index contributed by atoms with van der Waals surface area (Å²) in [6, 6.07) is 5.58. The average molecular weight is 192 g/mol. The average Bonchev–Trinajstić information content (AvgIpc) is 2.16. The van der Waals surface area contributed by atoms with Gasteiger partial charge in [-0.15, -0.1) is 6.58 Å². The van der Waals surface area contributed by atoms with E-state index in [0.29, 0.717) is 0 Å². The second-order valence-corrected chi connectivity index (χ2v) is 3.93. The zero-order valence-electron chi connectivity index (χ0n) is 9.05. The van der Waals surface area contributed by atoms with E-state index in [-0.39, 0.29) is 17.7 Å². The van der Waals surface area contributed by atoms with Gasteiger partial charge in [-0.2, -0.15) is 0 Å². The van der Waals surface area contributed by atoms with Gasteiger partial charge in [0.05, 0.1) is 0 Å². The number of halogens is 1. The molecule has 1 heteroatoms. The van der Waals surface area contributed by atoms with Crippen LogP contribution in [0.15, 0.2) is 30.9 Å². The number of hydrogen-bond donors (Lipinski definition) is 0. The first-order valence-electron chi connectivity index (χ1n) is 4.98. The second-order valence-electron chi connectivity index (χ2n) is 3.93. The third-order valence-electron chi connectivity index (χ3n) is 2.52. The lowest BCUT2D eigenvalue weighted by Crippen LogP contribution is -2.00. The highest BCUT2D eigenvalue weighted by Crippen LogP contribution is 2.26. The smallest absolute Gasteiger partial charge is 0.130 e. The van der Waals surface area contributed by atoms with Crippen molar-refractivity contribution in [2.24, 2.45) is 0 Å². The van der Waals surface area contributed by atoms with Crippen LogP contribution in [0.25, 0.3) is 0 Å². The highest BCUT2D eigenvalue weighted by Gasteiger charge is 2.13. The summed E-state index contributed by atoms with van der Waals surface area (Å²) in [6.07, 6.45) is 1.77. The minimum absolute atomic E-state index is 0.0742. The largest absolute Gasteiger partial charge is 0.206 e. The molecule has 14 heavy (non-hydrogen) atoms. The fourth-order valence-corrected chi connectivity index (χ4v) is 1.49. The Hall–Kier alpha value is -1.11. The Balaban J connectivity index is 3.20. The van der Waals surface area contributed by atoms with Crippen molar-refractivity contribution < 1.29 is 4.39 Å². The van der Waals surface area contributed by atoms with E-state index in [9.17, 15) is 4.39 Å². The van der Waals surface area contributed by atoms with Crippen LogP contribution < -0.4 is 0 Å². The van der Waals surface area contributed by atoms with E-state index < -0.39 is 0 Å². The van der Waals surface area contributed by atoms with Gasteiger partial charge in [-0.3, -0.25) is 0 Å². The van der Waals surface area contributed by atoms with Gasteiger partial charge in [0.25, 0.3) is 0 Å². The van der Waals surface area contributed by atoms with E-state index >= 15 is 0 Å². The monoisotopic (exact) mass is 192 g/mol. The minimum Gasteiger partial charge on any atom is -0.206 e. The summed E-state index contributed by atoms with van der Waals surface area (Å²) in [7, 11) is 0. The fraction of sp³-hybridized carbons (Fsp3) is 0.385. The van der Waals surface area contributed by atoms with Crippen molar-refractivity contribution in [3.05, 3.63) is 47.8 Å². The van der Waals surface area contributed by atoms with Crippen LogP contribution in [0.2, 0.25) is 0 Å². The maximum absolute atomic E-state index is 13.9. The topological polar surface area (TPSA) is 0 Å². The molecular formula is C13H17F. The van der Waals surface area contributed by atoms with E-state index in [4.69, 9.17) is 0 Å². The molecule has 0 saturated heterocycles. The van der Waals surface area contributed by atoms with Crippen LogP contribution in [-0.4, -0.2) is 0 Å². The van der Waals surface area contributed by atoms with Crippen molar-refractivity contribution in [3.8, 4) is 0 Å². The molecule has 1 unspecified atom stereocenters. The van der Waals surface area contributed by atoms with Gasteiger partial charge in [0.2, 0.25) is 0 Å². The van der Waals surface area contributed by atoms with Gasteiger partial charge in [0, 0.05) is 5.92 Å². The highest BCUT2D eigenvalue weighted by molar-refractivity contribution is 5.32. The lowest BCUT2D eigenvalue weighted by Gasteiger charge is -2.13. The first-order valence-corrected chi connectivity index (χ1v) is 4.98. The lowest BCUT2D eigenvalue weighted by atomic mass is 9.94. The van der Waals surface area contributed by atoms with Gasteiger partial charge < -0.3 is 0 Å². The molecule has 0 aliphatic heterocycles. The molecule has 0 spiro atoms. The van der Waals surface area contributed by atoms with Crippen molar-refractivity contribution in [1.82, 2.24) is 0 Å². The molecule has 0 aliphatic rings. The Labute approximate surface area is 85.5 Å². The summed E-state index contributed by atoms with van der Waals surface area (Å²) in [6.45, 7) is 9.64. The SMILES string of the molecule is C=CC(C)c1cccc(C(C)C)c1F. The maximum atomic E-state index is 13.9. The number of allylic oxidation sites excluding steroid dienone is 1. The maximum Gasteiger partial charge on any atom is 0.130 e. The fourth-order valence-electron chi connectivity index (χ4n) is 1.49. The van der Waals surface area contributed by atoms with Crippen molar-refractivity contribution >= 4 is 0 Å². The summed E-state index contributed by atoms with van der Waals surface area (Å²) in [5.74, 6) is 0.232. The van der Waals surface area contributed by atoms with Crippen LogP contribution in [0.1, 0.15) is 43.7 Å². The molecule has 1 aromatic carbocycles. The van der Waals surface area contributed by atoms with Crippen molar-refractivity contribution in [3.63, 3.8) is 0 Å². The molecule has 0 fully saturated rings. The zero-order valence-corrected chi connectivity index (χ0v) is 9.05. The van der Waals surface area contributed by atoms with Crippen LogP contribution >= 0.6 is 0 Å². The van der Waals surface area contributed by atoms with Crippen LogP contribution in [0, 0.1) is 5.82 Å². The molecule has 0 aliphatic carbocycles. The normalized spacial score (nSPS) is 12.9. The Morgan fingerprint density at radius 2 is 1.79 bits per heavy atom. The van der Waals surface area contributed by atoms with E-state index in [1.54, 1.807) is 6.08 Å². The quantitative estimate of drug-likeness (QED) is 0.628. The molecule has 0 saturated carbocycles. The molecule has 0 heterocycles. The highest BCUT2D eigenvalue weighted by atomic mass is 19.1. The first-order chi connectivity index (χ1) is 6.57. The molecule has 0 aromatic heterocycles. The molecule has 1 atom stereocenters. The van der Waals surface area contributed by atoms with Crippen LogP contribution in [0.4, 0.5) is 4.39 Å². The van der Waals surface area contributed by atoms with Gasteiger partial charge in [-0.1, -0.05) is 45.0 Å². The molecule has 0 nitrogen and oxygen atoms in total. The molecule has 0 bridgehead atoms. The van der Waals surface area contributed by atoms with E-state index in [1.807, 2.05) is 39.0 Å². The predicted molar refractivity (Wildman–Crippen MR) is 59.1 cm³/mol. The second kappa shape index (κ2) is 4.41. The Kier molecular flexibility index (Phi) is 3.45. The van der Waals surface area contributed by atoms with Gasteiger partial charge in [-0.05, 0) is 17.0 Å². The van der Waals surface area contributed by atoms with E-state index in [1.165, 1.54) is 0 Å². The third kappa shape index (κ3) is 2.03. The summed E-state index contributed by atoms with van der Waals surface area (Å²) < 4.78 is 13.9. The third-order valence-corrected chi connectivity index (χ3v) is 2.52. The molecule has 1 rings (SSSR count). The van der Waals surface area contributed by atoms with Gasteiger partial charge in [-0.25, -0.2) is 4.39 Å². The molecule has 0 radical (unpaired) electrons.